The Bertz CT molecular complexity index is 1490. The average molecular weight is 474 g/mol. The molecule has 2 aromatic carbocycles. The van der Waals surface area contributed by atoms with E-state index in [0.29, 0.717) is 22.9 Å². The summed E-state index contributed by atoms with van der Waals surface area (Å²) in [6, 6.07) is 17.1. The third kappa shape index (κ3) is 4.45. The Morgan fingerprint density at radius 1 is 1.15 bits per heavy atom. The van der Waals surface area contributed by atoms with Crippen molar-refractivity contribution >= 4 is 26.6 Å². The molecule has 1 aliphatic carbocycles. The predicted molar refractivity (Wildman–Crippen MR) is 130 cm³/mol. The first-order chi connectivity index (χ1) is 16.5. The van der Waals surface area contributed by atoms with Gasteiger partial charge < -0.3 is 9.30 Å². The lowest BCUT2D eigenvalue weighted by atomic mass is 10.1. The summed E-state index contributed by atoms with van der Waals surface area (Å²) in [5, 5.41) is 10.9. The fourth-order valence-electron chi connectivity index (χ4n) is 3.95. The minimum atomic E-state index is -3.36. The van der Waals surface area contributed by atoms with E-state index in [1.165, 1.54) is 0 Å². The largest absolute Gasteiger partial charge is 0.424 e. The number of anilines is 1. The molecule has 2 heterocycles. The number of nitriles is 1. The average Bonchev–Trinajstić information content (AvgIpc) is 3.62. The van der Waals surface area contributed by atoms with E-state index in [0.717, 1.165) is 41.5 Å². The highest BCUT2D eigenvalue weighted by Crippen LogP contribution is 2.40. The molecule has 34 heavy (non-hydrogen) atoms. The third-order valence-corrected chi connectivity index (χ3v) is 7.16. The first-order valence-electron chi connectivity index (χ1n) is 11.1. The van der Waals surface area contributed by atoms with Crippen LogP contribution < -0.4 is 9.46 Å². The van der Waals surface area contributed by atoms with Crippen molar-refractivity contribution in [3.63, 3.8) is 0 Å². The van der Waals surface area contributed by atoms with Crippen molar-refractivity contribution in [1.29, 1.82) is 5.26 Å². The maximum absolute atomic E-state index is 11.9. The molecule has 1 saturated carbocycles. The zero-order valence-corrected chi connectivity index (χ0v) is 19.4. The molecule has 0 amide bonds. The monoisotopic (exact) mass is 473 g/mol. The molecule has 8 nitrogen and oxygen atoms in total. The summed E-state index contributed by atoms with van der Waals surface area (Å²) in [6.07, 6.45) is 5.55. The molecule has 1 aliphatic rings. The van der Waals surface area contributed by atoms with Gasteiger partial charge in [0.1, 0.15) is 11.8 Å². The van der Waals surface area contributed by atoms with E-state index >= 15 is 0 Å². The lowest BCUT2D eigenvalue weighted by Crippen LogP contribution is -2.14. The number of hydrogen-bond donors (Lipinski definition) is 1. The van der Waals surface area contributed by atoms with E-state index < -0.39 is 10.0 Å². The fourth-order valence-corrected chi connectivity index (χ4v) is 4.59. The van der Waals surface area contributed by atoms with Gasteiger partial charge in [-0.25, -0.2) is 18.4 Å². The number of fused-ring (bicyclic) bond motifs is 1. The number of nitrogens with zero attached hydrogens (tertiary/aromatic N) is 4. The van der Waals surface area contributed by atoms with E-state index in [4.69, 9.17) is 4.74 Å². The second kappa shape index (κ2) is 8.80. The van der Waals surface area contributed by atoms with Gasteiger partial charge in [0.25, 0.3) is 0 Å². The van der Waals surface area contributed by atoms with Crippen molar-refractivity contribution in [3.05, 3.63) is 66.5 Å². The predicted octanol–water partition coefficient (Wildman–Crippen LogP) is 4.93. The van der Waals surface area contributed by atoms with Crippen LogP contribution >= 0.6 is 0 Å². The Kier molecular flexibility index (Phi) is 5.67. The van der Waals surface area contributed by atoms with Gasteiger partial charge in [0.15, 0.2) is 0 Å². The van der Waals surface area contributed by atoms with Crippen LogP contribution in [0, 0.1) is 17.2 Å². The minimum absolute atomic E-state index is 0.00138. The molecule has 0 bridgehead atoms. The highest BCUT2D eigenvalue weighted by atomic mass is 32.2. The second-order valence-corrected chi connectivity index (χ2v) is 10.3. The van der Waals surface area contributed by atoms with Gasteiger partial charge in [0.2, 0.25) is 10.0 Å². The molecule has 0 radical (unpaired) electrons. The Balaban J connectivity index is 1.59. The smallest absolute Gasteiger partial charge is 0.321 e. The van der Waals surface area contributed by atoms with Crippen LogP contribution in [0.2, 0.25) is 0 Å². The van der Waals surface area contributed by atoms with Gasteiger partial charge in [0, 0.05) is 36.1 Å². The van der Waals surface area contributed by atoms with Gasteiger partial charge >= 0.3 is 6.01 Å². The van der Waals surface area contributed by atoms with E-state index in [1.807, 2.05) is 30.3 Å². The van der Waals surface area contributed by atoms with Crippen LogP contribution in [0.5, 0.6) is 11.8 Å². The molecule has 5 rings (SSSR count). The Labute approximate surface area is 197 Å². The Morgan fingerprint density at radius 2 is 1.88 bits per heavy atom. The van der Waals surface area contributed by atoms with Gasteiger partial charge in [-0.3, -0.25) is 4.72 Å². The van der Waals surface area contributed by atoms with Crippen LogP contribution in [0.3, 0.4) is 0 Å². The molecular weight excluding hydrogens is 450 g/mol. The minimum Gasteiger partial charge on any atom is -0.424 e. The molecule has 2 aromatic heterocycles. The third-order valence-electron chi connectivity index (χ3n) is 5.85. The molecule has 0 saturated heterocycles. The number of nitrogens with one attached hydrogen (secondary N) is 1. The van der Waals surface area contributed by atoms with Gasteiger partial charge in [0.05, 0.1) is 22.5 Å². The number of aromatic nitrogens is 3. The summed E-state index contributed by atoms with van der Waals surface area (Å²) < 4.78 is 34.4. The Morgan fingerprint density at radius 3 is 2.53 bits per heavy atom. The summed E-state index contributed by atoms with van der Waals surface area (Å²) >= 11 is 0. The molecule has 0 spiro atoms. The first kappa shape index (κ1) is 21.9. The summed E-state index contributed by atoms with van der Waals surface area (Å²) in [5.41, 5.74) is 3.65. The molecule has 172 valence electrons. The highest BCUT2D eigenvalue weighted by molar-refractivity contribution is 7.92. The lowest BCUT2D eigenvalue weighted by molar-refractivity contribution is 0.442. The summed E-state index contributed by atoms with van der Waals surface area (Å²) in [7, 11) is -3.36. The van der Waals surface area contributed by atoms with E-state index in [2.05, 4.69) is 25.3 Å². The molecule has 0 aliphatic heterocycles. The van der Waals surface area contributed by atoms with Gasteiger partial charge in [-0.05, 0) is 61.6 Å². The molecular formula is C25H23N5O3S. The lowest BCUT2D eigenvalue weighted by Gasteiger charge is -2.12. The Hall–Kier alpha value is -3.90. The quantitative estimate of drug-likeness (QED) is 0.388. The first-order valence-corrected chi connectivity index (χ1v) is 12.7. The molecule has 0 atom stereocenters. The van der Waals surface area contributed by atoms with Crippen molar-refractivity contribution in [2.24, 2.45) is 5.92 Å². The fraction of sp³-hybridized carbons (Fsp3) is 0.240. The van der Waals surface area contributed by atoms with Crippen molar-refractivity contribution in [2.45, 2.75) is 26.3 Å². The molecule has 4 aromatic rings. The maximum atomic E-state index is 11.9. The summed E-state index contributed by atoms with van der Waals surface area (Å²) in [5.74, 6) is 1.16. The van der Waals surface area contributed by atoms with Gasteiger partial charge in [-0.15, -0.1) is 0 Å². The van der Waals surface area contributed by atoms with Crippen LogP contribution in [0.15, 0.2) is 60.9 Å². The van der Waals surface area contributed by atoms with Crippen molar-refractivity contribution in [3.8, 4) is 29.1 Å². The maximum Gasteiger partial charge on any atom is 0.321 e. The van der Waals surface area contributed by atoms with Crippen LogP contribution in [0.4, 0.5) is 5.69 Å². The van der Waals surface area contributed by atoms with Crippen LogP contribution in [0.25, 0.3) is 22.2 Å². The number of rotatable bonds is 8. The summed E-state index contributed by atoms with van der Waals surface area (Å²) in [6.45, 7) is 2.39. The van der Waals surface area contributed by atoms with Gasteiger partial charge in [-0.2, -0.15) is 5.26 Å². The van der Waals surface area contributed by atoms with Crippen LogP contribution in [-0.4, -0.2) is 28.7 Å². The normalized spacial score (nSPS) is 13.5. The highest BCUT2D eigenvalue weighted by Gasteiger charge is 2.27. The number of ether oxygens (including phenoxy) is 1. The standard InChI is InChI=1S/C25H23N5O3S/c1-2-34(31,32)29-19-8-6-18(7-9-19)24-22(15-26)21-11-10-20(33-25-27-12-3-13-28-25)14-23(21)30(24)16-17-4-5-17/h3,6-14,17,29H,2,4-5,16H2,1H3. The van der Waals surface area contributed by atoms with Crippen LogP contribution in [-0.2, 0) is 16.6 Å². The van der Waals surface area contributed by atoms with E-state index in [9.17, 15) is 13.7 Å². The zero-order chi connectivity index (χ0) is 23.7. The van der Waals surface area contributed by atoms with Crippen molar-refractivity contribution < 1.29 is 13.2 Å². The molecule has 0 unspecified atom stereocenters. The number of hydrogen-bond acceptors (Lipinski definition) is 6. The molecule has 1 N–H and O–H groups in total. The second-order valence-electron chi connectivity index (χ2n) is 8.28. The topological polar surface area (TPSA) is 110 Å². The number of sulfonamides is 1. The summed E-state index contributed by atoms with van der Waals surface area (Å²) in [4.78, 5) is 8.24. The van der Waals surface area contributed by atoms with Crippen molar-refractivity contribution in [1.82, 2.24) is 14.5 Å². The van der Waals surface area contributed by atoms with Crippen molar-refractivity contribution in [2.75, 3.05) is 10.5 Å². The zero-order valence-electron chi connectivity index (χ0n) is 18.6. The molecule has 1 fully saturated rings. The SMILES string of the molecule is CCS(=O)(=O)Nc1ccc(-c2c(C#N)c3ccc(Oc4ncccn4)cc3n2CC2CC2)cc1. The van der Waals surface area contributed by atoms with Crippen LogP contribution in [0.1, 0.15) is 25.3 Å². The van der Waals surface area contributed by atoms with E-state index in [-0.39, 0.29) is 11.8 Å². The van der Waals surface area contributed by atoms with Gasteiger partial charge in [-0.1, -0.05) is 12.1 Å². The molecule has 9 heteroatoms. The number of benzene rings is 2. The van der Waals surface area contributed by atoms with E-state index in [1.54, 1.807) is 37.5 Å².